The van der Waals surface area contributed by atoms with E-state index in [9.17, 15) is 14.9 Å². The lowest BCUT2D eigenvalue weighted by Gasteiger charge is -2.14. The number of anilines is 2. The first kappa shape index (κ1) is 19.9. The average molecular weight is 361 g/mol. The summed E-state index contributed by atoms with van der Waals surface area (Å²) in [6, 6.07) is 16.3. The third kappa shape index (κ3) is 5.29. The van der Waals surface area contributed by atoms with E-state index in [0.717, 1.165) is 17.7 Å². The molecule has 0 saturated heterocycles. The number of Topliss-reactive ketones (excluding diaryl/α,β-unsaturated/α-hetero) is 1. The van der Waals surface area contributed by atoms with Gasteiger partial charge in [-0.3, -0.25) is 9.59 Å². The number of hydrogen-bond donors (Lipinski definition) is 2. The van der Waals surface area contributed by atoms with Gasteiger partial charge in [-0.2, -0.15) is 5.26 Å². The third-order valence-corrected chi connectivity index (χ3v) is 4.39. The number of carbonyl (C=O) groups is 2. The van der Waals surface area contributed by atoms with E-state index >= 15 is 0 Å². The number of nitriles is 1. The summed E-state index contributed by atoms with van der Waals surface area (Å²) in [6.07, 6.45) is 2.41. The molecular formula is C22H23N3O2. The van der Waals surface area contributed by atoms with Crippen LogP contribution < -0.4 is 10.6 Å². The maximum Gasteiger partial charge on any atom is 0.267 e. The topological polar surface area (TPSA) is 82.0 Å². The molecule has 0 aliphatic carbocycles. The van der Waals surface area contributed by atoms with Gasteiger partial charge in [0.25, 0.3) is 5.91 Å². The Bertz CT molecular complexity index is 893. The van der Waals surface area contributed by atoms with Gasteiger partial charge in [-0.05, 0) is 55.2 Å². The van der Waals surface area contributed by atoms with Crippen LogP contribution in [0.4, 0.5) is 11.4 Å². The molecule has 0 radical (unpaired) electrons. The third-order valence-electron chi connectivity index (χ3n) is 4.39. The summed E-state index contributed by atoms with van der Waals surface area (Å²) in [4.78, 5) is 23.7. The number of rotatable bonds is 7. The normalized spacial score (nSPS) is 12.0. The van der Waals surface area contributed by atoms with Crippen LogP contribution in [0.15, 0.2) is 60.3 Å². The van der Waals surface area contributed by atoms with Crippen molar-refractivity contribution < 1.29 is 9.59 Å². The second-order valence-electron chi connectivity index (χ2n) is 6.30. The summed E-state index contributed by atoms with van der Waals surface area (Å²) < 4.78 is 0. The summed E-state index contributed by atoms with van der Waals surface area (Å²) in [6.45, 7) is 5.72. The molecule has 2 aromatic rings. The van der Waals surface area contributed by atoms with E-state index < -0.39 is 5.91 Å². The minimum absolute atomic E-state index is 0.0374. The molecule has 27 heavy (non-hydrogen) atoms. The Hall–Kier alpha value is -3.39. The molecule has 138 valence electrons. The number of benzene rings is 2. The van der Waals surface area contributed by atoms with Crippen molar-refractivity contribution in [1.29, 1.82) is 5.26 Å². The fourth-order valence-corrected chi connectivity index (χ4v) is 2.56. The molecule has 2 rings (SSSR count). The van der Waals surface area contributed by atoms with Crippen LogP contribution in [0.2, 0.25) is 0 Å². The molecule has 0 saturated carbocycles. The lowest BCUT2D eigenvalue weighted by Crippen LogP contribution is -2.14. The van der Waals surface area contributed by atoms with Gasteiger partial charge in [0.1, 0.15) is 11.6 Å². The van der Waals surface area contributed by atoms with Crippen LogP contribution in [0.25, 0.3) is 0 Å². The Kier molecular flexibility index (Phi) is 6.90. The molecule has 0 bridgehead atoms. The van der Waals surface area contributed by atoms with Crippen LogP contribution in [0.1, 0.15) is 49.0 Å². The Balaban J connectivity index is 2.13. The quantitative estimate of drug-likeness (QED) is 0.419. The van der Waals surface area contributed by atoms with Crippen molar-refractivity contribution in [2.75, 3.05) is 10.6 Å². The first-order chi connectivity index (χ1) is 13.0. The highest BCUT2D eigenvalue weighted by Gasteiger charge is 2.11. The van der Waals surface area contributed by atoms with Crippen molar-refractivity contribution in [3.63, 3.8) is 0 Å². The van der Waals surface area contributed by atoms with Gasteiger partial charge in [-0.25, -0.2) is 0 Å². The average Bonchev–Trinajstić information content (AvgIpc) is 2.68. The fourth-order valence-electron chi connectivity index (χ4n) is 2.56. The number of nitrogens with zero attached hydrogens (tertiary/aromatic N) is 1. The fraction of sp³-hybridized carbons (Fsp3) is 0.227. The van der Waals surface area contributed by atoms with Crippen molar-refractivity contribution in [3.8, 4) is 6.07 Å². The lowest BCUT2D eigenvalue weighted by atomic mass is 9.97. The molecule has 0 aromatic heterocycles. The zero-order chi connectivity index (χ0) is 19.8. The molecule has 1 unspecified atom stereocenters. The minimum atomic E-state index is -0.512. The van der Waals surface area contributed by atoms with Crippen molar-refractivity contribution in [2.45, 2.75) is 33.1 Å². The van der Waals surface area contributed by atoms with Gasteiger partial charge >= 0.3 is 0 Å². The molecule has 1 amide bonds. The molecule has 1 atom stereocenters. The van der Waals surface area contributed by atoms with Crippen LogP contribution in [0, 0.1) is 11.3 Å². The van der Waals surface area contributed by atoms with E-state index in [-0.39, 0.29) is 11.4 Å². The Morgan fingerprint density at radius 2 is 1.81 bits per heavy atom. The molecule has 5 nitrogen and oxygen atoms in total. The summed E-state index contributed by atoms with van der Waals surface area (Å²) >= 11 is 0. The molecule has 0 aliphatic heterocycles. The number of hydrogen-bond acceptors (Lipinski definition) is 4. The second kappa shape index (κ2) is 9.35. The van der Waals surface area contributed by atoms with Crippen LogP contribution in [-0.2, 0) is 4.79 Å². The summed E-state index contributed by atoms with van der Waals surface area (Å²) in [5.41, 5.74) is 3.05. The minimum Gasteiger partial charge on any atom is -0.360 e. The van der Waals surface area contributed by atoms with E-state index in [2.05, 4.69) is 24.5 Å². The van der Waals surface area contributed by atoms with Crippen molar-refractivity contribution in [1.82, 2.24) is 0 Å². The molecule has 0 fully saturated rings. The highest BCUT2D eigenvalue weighted by molar-refractivity contribution is 6.07. The molecule has 2 aromatic carbocycles. The number of para-hydroxylation sites is 1. The highest BCUT2D eigenvalue weighted by atomic mass is 16.1. The lowest BCUT2D eigenvalue weighted by molar-refractivity contribution is -0.112. The van der Waals surface area contributed by atoms with Crippen LogP contribution in [0.3, 0.4) is 0 Å². The van der Waals surface area contributed by atoms with Crippen LogP contribution in [-0.4, -0.2) is 11.7 Å². The van der Waals surface area contributed by atoms with Gasteiger partial charge in [0, 0.05) is 23.1 Å². The van der Waals surface area contributed by atoms with E-state index in [4.69, 9.17) is 0 Å². The maximum absolute atomic E-state index is 12.3. The van der Waals surface area contributed by atoms with Gasteiger partial charge in [0.2, 0.25) is 0 Å². The van der Waals surface area contributed by atoms with E-state index in [1.54, 1.807) is 24.3 Å². The van der Waals surface area contributed by atoms with Crippen LogP contribution in [0.5, 0.6) is 0 Å². The zero-order valence-electron chi connectivity index (χ0n) is 15.7. The number of ketones is 1. The first-order valence-corrected chi connectivity index (χ1v) is 8.84. The summed E-state index contributed by atoms with van der Waals surface area (Å²) in [5, 5.41) is 15.1. The Morgan fingerprint density at radius 1 is 1.15 bits per heavy atom. The standard InChI is InChI=1S/C22H23N3O2/c1-4-15(2)20-7-5-6-8-21(20)24-14-18(13-23)22(27)25-19-11-9-17(10-12-19)16(3)26/h5-12,14-15,24H,4H2,1-3H3,(H,25,27)/b18-14-. The Labute approximate surface area is 159 Å². The predicted octanol–water partition coefficient (Wildman–Crippen LogP) is 4.86. The van der Waals surface area contributed by atoms with Gasteiger partial charge in [-0.1, -0.05) is 32.0 Å². The van der Waals surface area contributed by atoms with Crippen molar-refractivity contribution >= 4 is 23.1 Å². The van der Waals surface area contributed by atoms with Crippen molar-refractivity contribution in [2.24, 2.45) is 0 Å². The largest absolute Gasteiger partial charge is 0.360 e. The van der Waals surface area contributed by atoms with Gasteiger partial charge < -0.3 is 10.6 Å². The summed E-state index contributed by atoms with van der Waals surface area (Å²) in [7, 11) is 0. The smallest absolute Gasteiger partial charge is 0.267 e. The van der Waals surface area contributed by atoms with Crippen molar-refractivity contribution in [3.05, 3.63) is 71.4 Å². The number of nitrogens with one attached hydrogen (secondary N) is 2. The Morgan fingerprint density at radius 3 is 2.41 bits per heavy atom. The molecule has 0 heterocycles. The zero-order valence-corrected chi connectivity index (χ0v) is 15.7. The maximum atomic E-state index is 12.3. The number of amides is 1. The second-order valence-corrected chi connectivity index (χ2v) is 6.30. The first-order valence-electron chi connectivity index (χ1n) is 8.84. The molecule has 0 aliphatic rings. The van der Waals surface area contributed by atoms with Gasteiger partial charge in [-0.15, -0.1) is 0 Å². The molecule has 5 heteroatoms. The SMILES string of the molecule is CCC(C)c1ccccc1N/C=C(/C#N)C(=O)Nc1ccc(C(C)=O)cc1. The highest BCUT2D eigenvalue weighted by Crippen LogP contribution is 2.26. The van der Waals surface area contributed by atoms with Gasteiger partial charge in [0.15, 0.2) is 5.78 Å². The van der Waals surface area contributed by atoms with Crippen LogP contribution >= 0.6 is 0 Å². The summed E-state index contributed by atoms with van der Waals surface area (Å²) in [5.74, 6) is -0.197. The van der Waals surface area contributed by atoms with Gasteiger partial charge in [0.05, 0.1) is 0 Å². The molecule has 2 N–H and O–H groups in total. The molecule has 0 spiro atoms. The predicted molar refractivity (Wildman–Crippen MR) is 108 cm³/mol. The monoisotopic (exact) mass is 361 g/mol. The van der Waals surface area contributed by atoms with E-state index in [1.807, 2.05) is 30.3 Å². The number of carbonyl (C=O) groups excluding carboxylic acids is 2. The van der Waals surface area contributed by atoms with E-state index in [1.165, 1.54) is 13.1 Å². The molecular weight excluding hydrogens is 338 g/mol. The van der Waals surface area contributed by atoms with E-state index in [0.29, 0.717) is 17.2 Å².